The maximum Gasteiger partial charge on any atom is 0.340 e. The van der Waals surface area contributed by atoms with Gasteiger partial charge in [-0.25, -0.2) is 9.48 Å². The van der Waals surface area contributed by atoms with Crippen LogP contribution in [-0.2, 0) is 16.1 Å². The largest absolute Gasteiger partial charge is 0.497 e. The van der Waals surface area contributed by atoms with Crippen molar-refractivity contribution in [2.45, 2.75) is 13.0 Å². The summed E-state index contributed by atoms with van der Waals surface area (Å²) in [6, 6.07) is 11.0. The first-order valence-corrected chi connectivity index (χ1v) is 8.72. The number of nitrogens with zero attached hydrogens (tertiary/aromatic N) is 1. The number of fused-ring (bicyclic) bond motifs is 1. The molecule has 0 aliphatic rings. The van der Waals surface area contributed by atoms with Gasteiger partial charge in [0.25, 0.3) is 11.1 Å². The molecule has 0 unspecified atom stereocenters. The molecule has 29 heavy (non-hydrogen) atoms. The van der Waals surface area contributed by atoms with Crippen molar-refractivity contribution in [2.75, 3.05) is 19.5 Å². The van der Waals surface area contributed by atoms with Gasteiger partial charge in [-0.3, -0.25) is 19.5 Å². The molecule has 1 heterocycles. The number of anilines is 1. The van der Waals surface area contributed by atoms with Crippen molar-refractivity contribution < 1.29 is 19.1 Å². The van der Waals surface area contributed by atoms with Crippen LogP contribution in [0.25, 0.3) is 10.8 Å². The van der Waals surface area contributed by atoms with Crippen LogP contribution < -0.4 is 21.2 Å². The number of nitrogens with one attached hydrogen (secondary N) is 2. The van der Waals surface area contributed by atoms with Crippen LogP contribution in [0.5, 0.6) is 5.75 Å². The molecule has 2 N–H and O–H groups in total. The van der Waals surface area contributed by atoms with Crippen molar-refractivity contribution in [1.82, 2.24) is 9.78 Å². The molecule has 9 nitrogen and oxygen atoms in total. The van der Waals surface area contributed by atoms with Gasteiger partial charge in [-0.15, -0.1) is 0 Å². The van der Waals surface area contributed by atoms with Crippen molar-refractivity contribution in [1.29, 1.82) is 0 Å². The normalized spacial score (nSPS) is 10.6. The SMILES string of the molecule is COC(=O)c1cc(OC)ccc1NC(=O)CCn1[nH]c(=O)c2ccccc2c1=O. The van der Waals surface area contributed by atoms with E-state index in [1.54, 1.807) is 30.3 Å². The zero-order valence-electron chi connectivity index (χ0n) is 15.9. The van der Waals surface area contributed by atoms with E-state index in [9.17, 15) is 19.2 Å². The lowest BCUT2D eigenvalue weighted by molar-refractivity contribution is -0.116. The zero-order valence-corrected chi connectivity index (χ0v) is 15.9. The van der Waals surface area contributed by atoms with Crippen molar-refractivity contribution in [2.24, 2.45) is 0 Å². The van der Waals surface area contributed by atoms with E-state index in [1.807, 2.05) is 0 Å². The van der Waals surface area contributed by atoms with Gasteiger partial charge in [0.05, 0.1) is 42.8 Å². The molecule has 0 bridgehead atoms. The average molecular weight is 397 g/mol. The summed E-state index contributed by atoms with van der Waals surface area (Å²) in [5, 5.41) is 5.65. The molecule has 0 aliphatic heterocycles. The van der Waals surface area contributed by atoms with E-state index in [0.29, 0.717) is 11.1 Å². The standard InChI is InChI=1S/C20H19N3O6/c1-28-12-7-8-16(15(11-12)20(27)29-2)21-17(24)9-10-23-19(26)14-6-4-3-5-13(14)18(25)22-23/h3-8,11H,9-10H2,1-2H3,(H,21,24)(H,22,25). The Morgan fingerprint density at radius 3 is 2.48 bits per heavy atom. The van der Waals surface area contributed by atoms with Gasteiger partial charge in [-0.1, -0.05) is 12.1 Å². The molecule has 0 aliphatic carbocycles. The summed E-state index contributed by atoms with van der Waals surface area (Å²) < 4.78 is 10.9. The fraction of sp³-hybridized carbons (Fsp3) is 0.200. The first kappa shape index (κ1) is 19.9. The van der Waals surface area contributed by atoms with Crippen LogP contribution in [0.3, 0.4) is 0 Å². The summed E-state index contributed by atoms with van der Waals surface area (Å²) in [5.74, 6) is -0.640. The smallest absolute Gasteiger partial charge is 0.340 e. The first-order chi connectivity index (χ1) is 13.9. The number of hydrogen-bond acceptors (Lipinski definition) is 6. The number of esters is 1. The molecule has 0 atom stereocenters. The quantitative estimate of drug-likeness (QED) is 0.609. The fourth-order valence-electron chi connectivity index (χ4n) is 2.87. The van der Waals surface area contributed by atoms with Gasteiger partial charge < -0.3 is 14.8 Å². The van der Waals surface area contributed by atoms with E-state index >= 15 is 0 Å². The molecule has 0 saturated carbocycles. The summed E-state index contributed by atoms with van der Waals surface area (Å²) in [4.78, 5) is 48.9. The van der Waals surface area contributed by atoms with E-state index in [4.69, 9.17) is 9.47 Å². The Morgan fingerprint density at radius 2 is 1.79 bits per heavy atom. The van der Waals surface area contributed by atoms with Crippen molar-refractivity contribution >= 4 is 28.3 Å². The summed E-state index contributed by atoms with van der Waals surface area (Å²) in [5.41, 5.74) is -0.421. The van der Waals surface area contributed by atoms with Crippen LogP contribution in [0, 0.1) is 0 Å². The fourth-order valence-corrected chi connectivity index (χ4v) is 2.87. The van der Waals surface area contributed by atoms with Gasteiger partial charge >= 0.3 is 5.97 Å². The van der Waals surface area contributed by atoms with Crippen LogP contribution >= 0.6 is 0 Å². The molecular weight excluding hydrogens is 378 g/mol. The third kappa shape index (κ3) is 4.18. The molecule has 2 aromatic carbocycles. The minimum Gasteiger partial charge on any atom is -0.497 e. The maximum absolute atomic E-state index is 12.5. The highest BCUT2D eigenvalue weighted by Crippen LogP contribution is 2.23. The number of methoxy groups -OCH3 is 2. The predicted octanol–water partition coefficient (Wildman–Crippen LogP) is 1.51. The van der Waals surface area contributed by atoms with Crippen LogP contribution in [0.15, 0.2) is 52.1 Å². The molecule has 3 rings (SSSR count). The summed E-state index contributed by atoms with van der Waals surface area (Å²) in [6.07, 6.45) is -0.0964. The molecule has 1 amide bonds. The molecule has 0 radical (unpaired) electrons. The second kappa shape index (κ2) is 8.42. The Hall–Kier alpha value is -3.88. The zero-order chi connectivity index (χ0) is 21.0. The number of H-pyrrole nitrogens is 1. The van der Waals surface area contributed by atoms with Crippen molar-refractivity contribution in [3.8, 4) is 5.75 Å². The number of carbonyl (C=O) groups is 2. The summed E-state index contributed by atoms with van der Waals surface area (Å²) in [6.45, 7) is -0.0333. The Labute approximate surface area is 164 Å². The van der Waals surface area contributed by atoms with Crippen LogP contribution in [0.2, 0.25) is 0 Å². The molecule has 0 saturated heterocycles. The minimum atomic E-state index is -0.630. The molecule has 0 spiro atoms. The molecule has 9 heteroatoms. The van der Waals surface area contributed by atoms with E-state index in [0.717, 1.165) is 4.68 Å². The van der Waals surface area contributed by atoms with Crippen LogP contribution in [0.1, 0.15) is 16.8 Å². The number of carbonyl (C=O) groups excluding carboxylic acids is 2. The highest BCUT2D eigenvalue weighted by Gasteiger charge is 2.16. The van der Waals surface area contributed by atoms with E-state index in [2.05, 4.69) is 10.4 Å². The predicted molar refractivity (Wildman–Crippen MR) is 106 cm³/mol. The number of hydrogen-bond donors (Lipinski definition) is 2. The Kier molecular flexibility index (Phi) is 5.77. The number of amides is 1. The van der Waals surface area contributed by atoms with E-state index in [1.165, 1.54) is 26.4 Å². The molecular formula is C20H19N3O6. The summed E-state index contributed by atoms with van der Waals surface area (Å²) >= 11 is 0. The van der Waals surface area contributed by atoms with Crippen molar-refractivity contribution in [3.63, 3.8) is 0 Å². The number of benzene rings is 2. The highest BCUT2D eigenvalue weighted by atomic mass is 16.5. The highest BCUT2D eigenvalue weighted by molar-refractivity contribution is 6.01. The van der Waals surface area contributed by atoms with Crippen molar-refractivity contribution in [3.05, 3.63) is 68.7 Å². The molecule has 3 aromatic rings. The average Bonchev–Trinajstić information content (AvgIpc) is 2.75. The molecule has 150 valence electrons. The van der Waals surface area contributed by atoms with Gasteiger partial charge in [-0.05, 0) is 30.3 Å². The Morgan fingerprint density at radius 1 is 1.07 bits per heavy atom. The van der Waals surface area contributed by atoms with E-state index < -0.39 is 23.0 Å². The van der Waals surface area contributed by atoms with Gasteiger partial charge in [0.15, 0.2) is 0 Å². The second-order valence-electron chi connectivity index (χ2n) is 6.14. The molecule has 0 fully saturated rings. The number of aryl methyl sites for hydroxylation is 1. The number of rotatable bonds is 6. The first-order valence-electron chi connectivity index (χ1n) is 8.72. The number of aromatic amines is 1. The third-order valence-corrected chi connectivity index (χ3v) is 4.35. The van der Waals surface area contributed by atoms with Gasteiger partial charge in [0, 0.05) is 6.42 Å². The van der Waals surface area contributed by atoms with Gasteiger partial charge in [0.1, 0.15) is 5.75 Å². The number of ether oxygens (including phenoxy) is 2. The van der Waals surface area contributed by atoms with Crippen LogP contribution in [0.4, 0.5) is 5.69 Å². The Balaban J connectivity index is 1.78. The minimum absolute atomic E-state index is 0.0333. The van der Waals surface area contributed by atoms with Crippen LogP contribution in [-0.4, -0.2) is 35.9 Å². The lowest BCUT2D eigenvalue weighted by atomic mass is 10.1. The lowest BCUT2D eigenvalue weighted by Crippen LogP contribution is -2.31. The van der Waals surface area contributed by atoms with Gasteiger partial charge in [0.2, 0.25) is 5.91 Å². The number of aromatic nitrogens is 2. The topological polar surface area (TPSA) is 119 Å². The monoisotopic (exact) mass is 397 g/mol. The summed E-state index contributed by atoms with van der Waals surface area (Å²) in [7, 11) is 2.69. The lowest BCUT2D eigenvalue weighted by Gasteiger charge is -2.12. The second-order valence-corrected chi connectivity index (χ2v) is 6.14. The van der Waals surface area contributed by atoms with Gasteiger partial charge in [-0.2, -0.15) is 0 Å². The third-order valence-electron chi connectivity index (χ3n) is 4.35. The molecule has 1 aromatic heterocycles. The Bertz CT molecular complexity index is 1190. The maximum atomic E-state index is 12.5. The van der Waals surface area contributed by atoms with E-state index in [-0.39, 0.29) is 29.6 Å².